The number of nitrogens with zero attached hydrogens (tertiary/aromatic N) is 2. The van der Waals surface area contributed by atoms with E-state index in [2.05, 4.69) is 16.9 Å². The second-order valence-corrected chi connectivity index (χ2v) is 7.41. The maximum atomic E-state index is 12.6. The standard InChI is InChI=1S/C20H18F3N3OS/c1-3-12-26-17-7-5-4-6-16(17)25-19(26)28-13(2)18(27)24-15-10-8-14(9-11-15)20(21,22)23/h3-11,13H,1,12H2,2H3,(H,24,27)/t13-/m0/s1. The number of rotatable bonds is 6. The summed E-state index contributed by atoms with van der Waals surface area (Å²) in [7, 11) is 0. The van der Waals surface area contributed by atoms with E-state index in [0.717, 1.165) is 23.2 Å². The van der Waals surface area contributed by atoms with Crippen molar-refractivity contribution in [3.8, 4) is 0 Å². The van der Waals surface area contributed by atoms with Gasteiger partial charge in [0.15, 0.2) is 5.16 Å². The van der Waals surface area contributed by atoms with E-state index in [4.69, 9.17) is 0 Å². The second-order valence-electron chi connectivity index (χ2n) is 6.11. The number of carbonyl (C=O) groups is 1. The fourth-order valence-electron chi connectivity index (χ4n) is 2.65. The number of aromatic nitrogens is 2. The van der Waals surface area contributed by atoms with E-state index in [1.165, 1.54) is 23.9 Å². The molecule has 28 heavy (non-hydrogen) atoms. The predicted octanol–water partition coefficient (Wildman–Crippen LogP) is 5.36. The number of carbonyl (C=O) groups excluding carboxylic acids is 1. The lowest BCUT2D eigenvalue weighted by atomic mass is 10.2. The molecule has 1 N–H and O–H groups in total. The summed E-state index contributed by atoms with van der Waals surface area (Å²) < 4.78 is 39.9. The van der Waals surface area contributed by atoms with Crippen LogP contribution in [0.1, 0.15) is 12.5 Å². The van der Waals surface area contributed by atoms with Crippen molar-refractivity contribution in [3.05, 3.63) is 66.7 Å². The molecule has 0 aliphatic heterocycles. The van der Waals surface area contributed by atoms with Crippen LogP contribution in [-0.2, 0) is 17.5 Å². The van der Waals surface area contributed by atoms with Gasteiger partial charge in [0.2, 0.25) is 5.91 Å². The fourth-order valence-corrected chi connectivity index (χ4v) is 3.58. The molecule has 0 aliphatic carbocycles. The minimum absolute atomic E-state index is 0.310. The maximum Gasteiger partial charge on any atom is 0.416 e. The number of amides is 1. The van der Waals surface area contributed by atoms with Crippen LogP contribution in [0.4, 0.5) is 18.9 Å². The first kappa shape index (κ1) is 20.0. The van der Waals surface area contributed by atoms with Crippen molar-refractivity contribution in [1.82, 2.24) is 9.55 Å². The highest BCUT2D eigenvalue weighted by molar-refractivity contribution is 8.00. The minimum atomic E-state index is -4.41. The summed E-state index contributed by atoms with van der Waals surface area (Å²) in [6, 6.07) is 12.0. The van der Waals surface area contributed by atoms with Crippen molar-refractivity contribution < 1.29 is 18.0 Å². The normalized spacial score (nSPS) is 12.7. The Hall–Kier alpha value is -2.74. The van der Waals surface area contributed by atoms with E-state index in [-0.39, 0.29) is 5.91 Å². The summed E-state index contributed by atoms with van der Waals surface area (Å²) >= 11 is 1.28. The number of fused-ring (bicyclic) bond motifs is 1. The zero-order valence-corrected chi connectivity index (χ0v) is 15.8. The van der Waals surface area contributed by atoms with Gasteiger partial charge in [-0.05, 0) is 43.3 Å². The Kier molecular flexibility index (Phi) is 5.79. The third-order valence-corrected chi connectivity index (χ3v) is 5.15. The number of hydrogen-bond donors (Lipinski definition) is 1. The van der Waals surface area contributed by atoms with Gasteiger partial charge in [0.05, 0.1) is 21.8 Å². The fraction of sp³-hybridized carbons (Fsp3) is 0.200. The minimum Gasteiger partial charge on any atom is -0.325 e. The Morgan fingerprint density at radius 2 is 1.93 bits per heavy atom. The van der Waals surface area contributed by atoms with Crippen molar-refractivity contribution in [1.29, 1.82) is 0 Å². The highest BCUT2D eigenvalue weighted by atomic mass is 32.2. The van der Waals surface area contributed by atoms with Gasteiger partial charge >= 0.3 is 6.18 Å². The van der Waals surface area contributed by atoms with Crippen molar-refractivity contribution in [2.45, 2.75) is 30.1 Å². The molecular weight excluding hydrogens is 387 g/mol. The van der Waals surface area contributed by atoms with Gasteiger partial charge in [0.25, 0.3) is 0 Å². The van der Waals surface area contributed by atoms with Gasteiger partial charge in [-0.25, -0.2) is 4.98 Å². The summed E-state index contributed by atoms with van der Waals surface area (Å²) in [5.41, 5.74) is 1.32. The summed E-state index contributed by atoms with van der Waals surface area (Å²) in [5.74, 6) is -0.318. The Bertz CT molecular complexity index is 996. The molecule has 0 aliphatic rings. The number of halogens is 3. The van der Waals surface area contributed by atoms with Gasteiger partial charge in [-0.3, -0.25) is 4.79 Å². The number of alkyl halides is 3. The van der Waals surface area contributed by atoms with Gasteiger partial charge in [-0.15, -0.1) is 6.58 Å². The van der Waals surface area contributed by atoms with Crippen molar-refractivity contribution >= 4 is 34.4 Å². The second kappa shape index (κ2) is 8.10. The first-order valence-corrected chi connectivity index (χ1v) is 9.38. The lowest BCUT2D eigenvalue weighted by Gasteiger charge is -2.13. The zero-order chi connectivity index (χ0) is 20.3. The average Bonchev–Trinajstić information content (AvgIpc) is 2.99. The number of anilines is 1. The van der Waals surface area contributed by atoms with E-state index >= 15 is 0 Å². The predicted molar refractivity (Wildman–Crippen MR) is 105 cm³/mol. The summed E-state index contributed by atoms with van der Waals surface area (Å²) in [6.45, 7) is 6.04. The summed E-state index contributed by atoms with van der Waals surface area (Å²) in [4.78, 5) is 17.0. The number of allylic oxidation sites excluding steroid dienone is 1. The molecule has 8 heteroatoms. The Balaban J connectivity index is 1.73. The molecule has 1 heterocycles. The molecule has 3 aromatic rings. The van der Waals surface area contributed by atoms with Crippen molar-refractivity contribution in [2.24, 2.45) is 0 Å². The molecular formula is C20H18F3N3OS. The van der Waals surface area contributed by atoms with Crippen LogP contribution in [0.5, 0.6) is 0 Å². The number of imidazole rings is 1. The highest BCUT2D eigenvalue weighted by Crippen LogP contribution is 2.31. The summed E-state index contributed by atoms with van der Waals surface area (Å²) in [6.07, 6.45) is -2.65. The molecule has 1 atom stereocenters. The molecule has 0 saturated heterocycles. The smallest absolute Gasteiger partial charge is 0.325 e. The molecule has 1 amide bonds. The molecule has 4 nitrogen and oxygen atoms in total. The Morgan fingerprint density at radius 1 is 1.25 bits per heavy atom. The number of nitrogens with one attached hydrogen (secondary N) is 1. The van der Waals surface area contributed by atoms with Gasteiger partial charge in [0.1, 0.15) is 0 Å². The summed E-state index contributed by atoms with van der Waals surface area (Å²) in [5, 5.41) is 2.82. The van der Waals surface area contributed by atoms with Crippen LogP contribution in [-0.4, -0.2) is 20.7 Å². The van der Waals surface area contributed by atoms with E-state index in [9.17, 15) is 18.0 Å². The Morgan fingerprint density at radius 3 is 2.57 bits per heavy atom. The van der Waals surface area contributed by atoms with Crippen molar-refractivity contribution in [3.63, 3.8) is 0 Å². The van der Waals surface area contributed by atoms with E-state index < -0.39 is 17.0 Å². The largest absolute Gasteiger partial charge is 0.416 e. The lowest BCUT2D eigenvalue weighted by molar-refractivity contribution is -0.137. The van der Waals surface area contributed by atoms with Crippen LogP contribution in [0, 0.1) is 0 Å². The number of thioether (sulfide) groups is 1. The Labute approximate surface area is 164 Å². The number of benzene rings is 2. The topological polar surface area (TPSA) is 46.9 Å². The van der Waals surface area contributed by atoms with Crippen LogP contribution in [0.15, 0.2) is 66.3 Å². The van der Waals surface area contributed by atoms with Crippen LogP contribution in [0.2, 0.25) is 0 Å². The van der Waals surface area contributed by atoms with Crippen LogP contribution in [0.25, 0.3) is 11.0 Å². The van der Waals surface area contributed by atoms with Crippen LogP contribution in [0.3, 0.4) is 0 Å². The third-order valence-electron chi connectivity index (χ3n) is 4.06. The van der Waals surface area contributed by atoms with Crippen LogP contribution >= 0.6 is 11.8 Å². The molecule has 0 fully saturated rings. The van der Waals surface area contributed by atoms with E-state index in [1.807, 2.05) is 28.8 Å². The quantitative estimate of drug-likeness (QED) is 0.444. The van der Waals surface area contributed by atoms with Gasteiger partial charge in [-0.1, -0.05) is 30.0 Å². The monoisotopic (exact) mass is 405 g/mol. The zero-order valence-electron chi connectivity index (χ0n) is 15.0. The molecule has 1 aromatic heterocycles. The number of para-hydroxylation sites is 2. The number of hydrogen-bond acceptors (Lipinski definition) is 3. The first-order chi connectivity index (χ1) is 13.3. The lowest BCUT2D eigenvalue weighted by Crippen LogP contribution is -2.23. The molecule has 0 saturated carbocycles. The molecule has 0 radical (unpaired) electrons. The first-order valence-electron chi connectivity index (χ1n) is 8.50. The molecule has 3 rings (SSSR count). The molecule has 0 bridgehead atoms. The molecule has 2 aromatic carbocycles. The average molecular weight is 405 g/mol. The molecule has 0 unspecified atom stereocenters. The molecule has 146 valence electrons. The third kappa shape index (κ3) is 4.39. The van der Waals surface area contributed by atoms with E-state index in [0.29, 0.717) is 17.4 Å². The maximum absolute atomic E-state index is 12.6. The SMILES string of the molecule is C=CCn1c(S[C@@H](C)C(=O)Nc2ccc(C(F)(F)F)cc2)nc2ccccc21. The van der Waals surface area contributed by atoms with Crippen molar-refractivity contribution in [2.75, 3.05) is 5.32 Å². The van der Waals surface area contributed by atoms with Gasteiger partial charge < -0.3 is 9.88 Å². The van der Waals surface area contributed by atoms with Crippen LogP contribution < -0.4 is 5.32 Å². The van der Waals surface area contributed by atoms with Gasteiger partial charge in [-0.2, -0.15) is 13.2 Å². The van der Waals surface area contributed by atoms with Gasteiger partial charge in [0, 0.05) is 12.2 Å². The molecule has 0 spiro atoms. The highest BCUT2D eigenvalue weighted by Gasteiger charge is 2.30. The van der Waals surface area contributed by atoms with E-state index in [1.54, 1.807) is 13.0 Å².